The summed E-state index contributed by atoms with van der Waals surface area (Å²) in [5.74, 6) is -0.630. The Hall–Kier alpha value is -1.62. The second-order valence-corrected chi connectivity index (χ2v) is 5.06. The molecule has 2 rings (SSSR count). The first-order chi connectivity index (χ1) is 9.08. The number of piperidine rings is 1. The van der Waals surface area contributed by atoms with Gasteiger partial charge < -0.3 is 15.3 Å². The Morgan fingerprint density at radius 1 is 1.58 bits per heavy atom. The first-order valence-electron chi connectivity index (χ1n) is 6.52. The lowest BCUT2D eigenvalue weighted by Crippen LogP contribution is -2.39. The minimum Gasteiger partial charge on any atom is -0.507 e. The molecule has 19 heavy (non-hydrogen) atoms. The van der Waals surface area contributed by atoms with E-state index in [1.807, 2.05) is 0 Å². The highest BCUT2D eigenvalue weighted by atomic mass is 19.1. The summed E-state index contributed by atoms with van der Waals surface area (Å²) >= 11 is 0. The molecule has 4 nitrogen and oxygen atoms in total. The largest absolute Gasteiger partial charge is 0.507 e. The molecule has 0 radical (unpaired) electrons. The van der Waals surface area contributed by atoms with Crippen molar-refractivity contribution in [3.63, 3.8) is 0 Å². The van der Waals surface area contributed by atoms with Crippen molar-refractivity contribution in [3.8, 4) is 5.75 Å². The predicted octanol–water partition coefficient (Wildman–Crippen LogP) is 1.60. The molecular weight excluding hydrogens is 247 g/mol. The number of nitrogens with one attached hydrogen (secondary N) is 1. The third kappa shape index (κ3) is 3.44. The Morgan fingerprint density at radius 2 is 2.37 bits per heavy atom. The molecule has 104 valence electrons. The number of hydrogen-bond acceptors (Lipinski definition) is 3. The molecule has 1 aromatic carbocycles. The van der Waals surface area contributed by atoms with Crippen LogP contribution in [0.2, 0.25) is 0 Å². The van der Waals surface area contributed by atoms with E-state index in [9.17, 15) is 14.3 Å². The van der Waals surface area contributed by atoms with Crippen LogP contribution in [0.5, 0.6) is 5.75 Å². The lowest BCUT2D eigenvalue weighted by molar-refractivity contribution is 0.0761. The maximum Gasteiger partial charge on any atom is 0.257 e. The van der Waals surface area contributed by atoms with Crippen LogP contribution in [0.15, 0.2) is 18.2 Å². The van der Waals surface area contributed by atoms with Gasteiger partial charge in [-0.2, -0.15) is 0 Å². The van der Waals surface area contributed by atoms with Crippen LogP contribution in [-0.4, -0.2) is 42.6 Å². The van der Waals surface area contributed by atoms with Crippen LogP contribution in [0.3, 0.4) is 0 Å². The van der Waals surface area contributed by atoms with Gasteiger partial charge in [0.15, 0.2) is 0 Å². The fourth-order valence-corrected chi connectivity index (χ4v) is 2.44. The molecule has 1 heterocycles. The normalized spacial score (nSPS) is 19.2. The Balaban J connectivity index is 2.03. The van der Waals surface area contributed by atoms with Gasteiger partial charge in [0.05, 0.1) is 5.56 Å². The molecular formula is C14H19FN2O2. The number of phenols is 1. The van der Waals surface area contributed by atoms with E-state index in [-0.39, 0.29) is 17.2 Å². The topological polar surface area (TPSA) is 52.6 Å². The maximum absolute atomic E-state index is 13.1. The summed E-state index contributed by atoms with van der Waals surface area (Å²) in [6, 6.07) is 3.42. The number of rotatable bonds is 3. The Kier molecular flexibility index (Phi) is 4.37. The van der Waals surface area contributed by atoms with E-state index in [0.717, 1.165) is 38.1 Å². The smallest absolute Gasteiger partial charge is 0.257 e. The molecule has 1 saturated heterocycles. The zero-order chi connectivity index (χ0) is 13.8. The molecule has 0 spiro atoms. The van der Waals surface area contributed by atoms with Crippen molar-refractivity contribution >= 4 is 5.91 Å². The number of benzene rings is 1. The highest BCUT2D eigenvalue weighted by molar-refractivity contribution is 5.96. The van der Waals surface area contributed by atoms with Gasteiger partial charge in [-0.3, -0.25) is 4.79 Å². The molecule has 1 aliphatic heterocycles. The van der Waals surface area contributed by atoms with Gasteiger partial charge in [-0.05, 0) is 50.0 Å². The van der Waals surface area contributed by atoms with E-state index in [1.54, 1.807) is 11.9 Å². The van der Waals surface area contributed by atoms with Gasteiger partial charge in [-0.1, -0.05) is 0 Å². The fourth-order valence-electron chi connectivity index (χ4n) is 2.44. The minimum absolute atomic E-state index is 0.0197. The van der Waals surface area contributed by atoms with E-state index in [1.165, 1.54) is 6.07 Å². The molecule has 0 aliphatic carbocycles. The van der Waals surface area contributed by atoms with Gasteiger partial charge in [-0.25, -0.2) is 4.39 Å². The molecule has 0 bridgehead atoms. The molecule has 0 saturated carbocycles. The highest BCUT2D eigenvalue weighted by Crippen LogP contribution is 2.20. The van der Waals surface area contributed by atoms with Crippen LogP contribution in [-0.2, 0) is 0 Å². The van der Waals surface area contributed by atoms with E-state index in [2.05, 4.69) is 5.32 Å². The van der Waals surface area contributed by atoms with Crippen LogP contribution in [0.4, 0.5) is 4.39 Å². The lowest BCUT2D eigenvalue weighted by Gasteiger charge is -2.27. The zero-order valence-electron chi connectivity index (χ0n) is 11.0. The summed E-state index contributed by atoms with van der Waals surface area (Å²) in [6.07, 6.45) is 2.19. The number of nitrogens with zero attached hydrogens (tertiary/aromatic N) is 1. The van der Waals surface area contributed by atoms with E-state index < -0.39 is 5.82 Å². The van der Waals surface area contributed by atoms with Crippen molar-refractivity contribution < 1.29 is 14.3 Å². The Labute approximate surface area is 112 Å². The fraction of sp³-hybridized carbons (Fsp3) is 0.500. The number of amides is 1. The van der Waals surface area contributed by atoms with E-state index >= 15 is 0 Å². The summed E-state index contributed by atoms with van der Waals surface area (Å²) in [7, 11) is 1.68. The van der Waals surface area contributed by atoms with Gasteiger partial charge in [0.2, 0.25) is 0 Å². The van der Waals surface area contributed by atoms with Crippen molar-refractivity contribution in [1.82, 2.24) is 10.2 Å². The van der Waals surface area contributed by atoms with Gasteiger partial charge in [0, 0.05) is 13.6 Å². The van der Waals surface area contributed by atoms with Crippen molar-refractivity contribution in [2.75, 3.05) is 26.7 Å². The Morgan fingerprint density at radius 3 is 3.05 bits per heavy atom. The molecule has 1 aliphatic rings. The molecule has 1 fully saturated rings. The monoisotopic (exact) mass is 266 g/mol. The van der Waals surface area contributed by atoms with Crippen molar-refractivity contribution in [2.45, 2.75) is 12.8 Å². The number of carbonyl (C=O) groups excluding carboxylic acids is 1. The molecule has 0 aromatic heterocycles. The maximum atomic E-state index is 13.1. The summed E-state index contributed by atoms with van der Waals surface area (Å²) in [6.45, 7) is 2.54. The van der Waals surface area contributed by atoms with Crippen LogP contribution in [0, 0.1) is 11.7 Å². The van der Waals surface area contributed by atoms with Crippen LogP contribution < -0.4 is 5.32 Å². The number of phenolic OH excluding ortho intramolecular Hbond substituents is 1. The SMILES string of the molecule is CN(CC1CCCNC1)C(=O)c1cc(F)ccc1O. The third-order valence-corrected chi connectivity index (χ3v) is 3.47. The van der Waals surface area contributed by atoms with Crippen LogP contribution in [0.1, 0.15) is 23.2 Å². The molecule has 1 atom stereocenters. The van der Waals surface area contributed by atoms with Crippen LogP contribution in [0.25, 0.3) is 0 Å². The molecule has 5 heteroatoms. The van der Waals surface area contributed by atoms with Gasteiger partial charge in [-0.15, -0.1) is 0 Å². The zero-order valence-corrected chi connectivity index (χ0v) is 11.0. The summed E-state index contributed by atoms with van der Waals surface area (Å²) < 4.78 is 13.1. The molecule has 1 aromatic rings. The predicted molar refractivity (Wildman–Crippen MR) is 70.6 cm³/mol. The number of aromatic hydroxyl groups is 1. The average Bonchev–Trinajstić information content (AvgIpc) is 2.42. The number of halogens is 1. The highest BCUT2D eigenvalue weighted by Gasteiger charge is 2.21. The minimum atomic E-state index is -0.520. The van der Waals surface area contributed by atoms with Crippen molar-refractivity contribution in [2.24, 2.45) is 5.92 Å². The molecule has 1 amide bonds. The second-order valence-electron chi connectivity index (χ2n) is 5.06. The summed E-state index contributed by atoms with van der Waals surface area (Å²) in [5, 5.41) is 12.9. The van der Waals surface area contributed by atoms with Gasteiger partial charge in [0.25, 0.3) is 5.91 Å². The summed E-state index contributed by atoms with van der Waals surface area (Å²) in [4.78, 5) is 13.7. The first-order valence-corrected chi connectivity index (χ1v) is 6.52. The number of hydrogen-bond donors (Lipinski definition) is 2. The standard InChI is InChI=1S/C14H19FN2O2/c1-17(9-10-3-2-6-16-8-10)14(19)12-7-11(15)4-5-13(12)18/h4-5,7,10,16,18H,2-3,6,8-9H2,1H3. The average molecular weight is 266 g/mol. The van der Waals surface area contributed by atoms with E-state index in [0.29, 0.717) is 12.5 Å². The quantitative estimate of drug-likeness (QED) is 0.874. The van der Waals surface area contributed by atoms with Crippen LogP contribution >= 0.6 is 0 Å². The van der Waals surface area contributed by atoms with Gasteiger partial charge in [0.1, 0.15) is 11.6 Å². The Bertz CT molecular complexity index is 459. The first kappa shape index (κ1) is 13.8. The third-order valence-electron chi connectivity index (χ3n) is 3.47. The number of carbonyl (C=O) groups is 1. The summed E-state index contributed by atoms with van der Waals surface area (Å²) in [5.41, 5.74) is 0.0197. The van der Waals surface area contributed by atoms with E-state index in [4.69, 9.17) is 0 Å². The lowest BCUT2D eigenvalue weighted by atomic mass is 9.99. The molecule has 1 unspecified atom stereocenters. The van der Waals surface area contributed by atoms with Crippen molar-refractivity contribution in [1.29, 1.82) is 0 Å². The van der Waals surface area contributed by atoms with Gasteiger partial charge >= 0.3 is 0 Å². The molecule has 2 N–H and O–H groups in total. The second kappa shape index (κ2) is 6.02. The van der Waals surface area contributed by atoms with Crippen molar-refractivity contribution in [3.05, 3.63) is 29.6 Å².